The van der Waals surface area contributed by atoms with Gasteiger partial charge < -0.3 is 5.73 Å². The molecule has 1 rings (SSSR count). The molecular formula is C13H23N3O2S. The summed E-state index contributed by atoms with van der Waals surface area (Å²) in [5, 5.41) is 0. The van der Waals surface area contributed by atoms with Crippen molar-refractivity contribution in [3.05, 3.63) is 35.9 Å². The maximum Gasteiger partial charge on any atom is 0.277 e. The molecule has 1 atom stereocenters. The molecule has 4 N–H and O–H groups in total. The fourth-order valence-corrected chi connectivity index (χ4v) is 3.05. The first-order chi connectivity index (χ1) is 8.79. The van der Waals surface area contributed by atoms with E-state index in [9.17, 15) is 8.42 Å². The number of rotatable bonds is 7. The molecule has 5 nitrogen and oxygen atoms in total. The van der Waals surface area contributed by atoms with Crippen LogP contribution in [0, 0.1) is 5.92 Å². The summed E-state index contributed by atoms with van der Waals surface area (Å²) in [5.74, 6) is 0.248. The summed E-state index contributed by atoms with van der Waals surface area (Å²) in [6, 6.07) is 9.32. The Morgan fingerprint density at radius 2 is 1.84 bits per heavy atom. The molecule has 0 spiro atoms. The van der Waals surface area contributed by atoms with Crippen molar-refractivity contribution in [2.45, 2.75) is 26.3 Å². The van der Waals surface area contributed by atoms with Crippen molar-refractivity contribution in [1.29, 1.82) is 0 Å². The van der Waals surface area contributed by atoms with E-state index in [0.29, 0.717) is 6.54 Å². The van der Waals surface area contributed by atoms with E-state index < -0.39 is 15.7 Å². The van der Waals surface area contributed by atoms with Gasteiger partial charge in [0.2, 0.25) is 0 Å². The highest BCUT2D eigenvalue weighted by Crippen LogP contribution is 2.19. The first-order valence-electron chi connectivity index (χ1n) is 6.33. The lowest BCUT2D eigenvalue weighted by molar-refractivity contribution is 0.434. The van der Waals surface area contributed by atoms with Crippen LogP contribution in [0.15, 0.2) is 30.3 Å². The van der Waals surface area contributed by atoms with Gasteiger partial charge in [-0.05, 0) is 18.4 Å². The minimum Gasteiger partial charge on any atom is -0.328 e. The lowest BCUT2D eigenvalue weighted by Gasteiger charge is -2.29. The number of hydrogen-bond acceptors (Lipinski definition) is 3. The zero-order chi connectivity index (χ0) is 14.5. The quantitative estimate of drug-likeness (QED) is 0.697. The average molecular weight is 285 g/mol. The zero-order valence-corrected chi connectivity index (χ0v) is 12.5. The normalized spacial score (nSPS) is 15.4. The summed E-state index contributed by atoms with van der Waals surface area (Å²) in [6.07, 6.45) is 0. The maximum absolute atomic E-state index is 12.0. The van der Waals surface area contributed by atoms with E-state index in [1.807, 2.05) is 44.2 Å². The highest BCUT2D eigenvalue weighted by molar-refractivity contribution is 7.87. The number of benzene rings is 1. The molecule has 19 heavy (non-hydrogen) atoms. The Bertz CT molecular complexity index is 488. The van der Waals surface area contributed by atoms with E-state index in [1.54, 1.807) is 6.92 Å². The Morgan fingerprint density at radius 3 is 2.32 bits per heavy atom. The van der Waals surface area contributed by atoms with Gasteiger partial charge in [0, 0.05) is 13.1 Å². The molecule has 0 aromatic heterocycles. The van der Waals surface area contributed by atoms with E-state index in [4.69, 9.17) is 5.73 Å². The molecule has 0 saturated heterocycles. The summed E-state index contributed by atoms with van der Waals surface area (Å²) in [6.45, 7) is 6.24. The van der Waals surface area contributed by atoms with Crippen LogP contribution in [-0.4, -0.2) is 21.5 Å². The highest BCUT2D eigenvalue weighted by Gasteiger charge is 2.30. The van der Waals surface area contributed by atoms with Gasteiger partial charge in [-0.2, -0.15) is 13.1 Å². The van der Waals surface area contributed by atoms with Gasteiger partial charge in [-0.25, -0.2) is 4.72 Å². The van der Waals surface area contributed by atoms with Crippen molar-refractivity contribution in [3.63, 3.8) is 0 Å². The monoisotopic (exact) mass is 285 g/mol. The predicted octanol–water partition coefficient (Wildman–Crippen LogP) is 0.941. The van der Waals surface area contributed by atoms with Crippen LogP contribution < -0.4 is 15.2 Å². The molecule has 0 saturated carbocycles. The van der Waals surface area contributed by atoms with Crippen LogP contribution in [0.1, 0.15) is 26.3 Å². The second kappa shape index (κ2) is 6.47. The standard InChI is InChI=1S/C13H23N3O2S/c1-11(2)9-15-19(17,18)16-13(3,10-14)12-7-5-4-6-8-12/h4-8,11,15-16H,9-10,14H2,1-3H3. The van der Waals surface area contributed by atoms with Crippen molar-refractivity contribution in [3.8, 4) is 0 Å². The smallest absolute Gasteiger partial charge is 0.277 e. The van der Waals surface area contributed by atoms with Gasteiger partial charge in [-0.15, -0.1) is 0 Å². The molecule has 0 amide bonds. The van der Waals surface area contributed by atoms with E-state index in [0.717, 1.165) is 5.56 Å². The fourth-order valence-electron chi connectivity index (χ4n) is 1.63. The van der Waals surface area contributed by atoms with Gasteiger partial charge in [0.25, 0.3) is 10.2 Å². The Labute approximate surface area is 115 Å². The molecule has 108 valence electrons. The molecule has 0 heterocycles. The van der Waals surface area contributed by atoms with Crippen LogP contribution in [-0.2, 0) is 15.7 Å². The Kier molecular flexibility index (Phi) is 5.49. The lowest BCUT2D eigenvalue weighted by Crippen LogP contribution is -2.52. The molecule has 1 aromatic carbocycles. The predicted molar refractivity (Wildman–Crippen MR) is 77.7 cm³/mol. The van der Waals surface area contributed by atoms with Crippen LogP contribution in [0.2, 0.25) is 0 Å². The molecule has 0 radical (unpaired) electrons. The topological polar surface area (TPSA) is 84.2 Å². The van der Waals surface area contributed by atoms with E-state index in [-0.39, 0.29) is 12.5 Å². The van der Waals surface area contributed by atoms with Crippen molar-refractivity contribution < 1.29 is 8.42 Å². The third-order valence-electron chi connectivity index (χ3n) is 2.86. The summed E-state index contributed by atoms with van der Waals surface area (Å²) in [4.78, 5) is 0. The SMILES string of the molecule is CC(C)CNS(=O)(=O)NC(C)(CN)c1ccccc1. The number of hydrogen-bond donors (Lipinski definition) is 3. The van der Waals surface area contributed by atoms with E-state index in [1.165, 1.54) is 0 Å². The average Bonchev–Trinajstić information content (AvgIpc) is 2.37. The first-order valence-corrected chi connectivity index (χ1v) is 7.81. The third-order valence-corrected chi connectivity index (χ3v) is 4.13. The van der Waals surface area contributed by atoms with Crippen LogP contribution in [0.3, 0.4) is 0 Å². The minimum atomic E-state index is -3.57. The Hall–Kier alpha value is -0.950. The zero-order valence-electron chi connectivity index (χ0n) is 11.7. The minimum absolute atomic E-state index is 0.180. The molecule has 0 aliphatic carbocycles. The first kappa shape index (κ1) is 16.1. The summed E-state index contributed by atoms with van der Waals surface area (Å²) in [5.41, 5.74) is 5.77. The van der Waals surface area contributed by atoms with Crippen molar-refractivity contribution in [1.82, 2.24) is 9.44 Å². The summed E-state index contributed by atoms with van der Waals surface area (Å²) in [7, 11) is -3.57. The van der Waals surface area contributed by atoms with Gasteiger partial charge in [-0.3, -0.25) is 0 Å². The fraction of sp³-hybridized carbons (Fsp3) is 0.538. The van der Waals surface area contributed by atoms with Crippen LogP contribution in [0.25, 0.3) is 0 Å². The maximum atomic E-state index is 12.0. The summed E-state index contributed by atoms with van der Waals surface area (Å²) < 4.78 is 29.2. The number of nitrogens with one attached hydrogen (secondary N) is 2. The van der Waals surface area contributed by atoms with Crippen LogP contribution in [0.4, 0.5) is 0 Å². The van der Waals surface area contributed by atoms with Gasteiger partial charge >= 0.3 is 0 Å². The Morgan fingerprint density at radius 1 is 1.26 bits per heavy atom. The van der Waals surface area contributed by atoms with E-state index in [2.05, 4.69) is 9.44 Å². The van der Waals surface area contributed by atoms with E-state index >= 15 is 0 Å². The largest absolute Gasteiger partial charge is 0.328 e. The molecule has 0 fully saturated rings. The van der Waals surface area contributed by atoms with Crippen LogP contribution in [0.5, 0.6) is 0 Å². The van der Waals surface area contributed by atoms with Crippen molar-refractivity contribution >= 4 is 10.2 Å². The van der Waals surface area contributed by atoms with Crippen LogP contribution >= 0.6 is 0 Å². The third kappa shape index (κ3) is 4.91. The van der Waals surface area contributed by atoms with Gasteiger partial charge in [-0.1, -0.05) is 44.2 Å². The lowest BCUT2D eigenvalue weighted by atomic mass is 9.94. The highest BCUT2D eigenvalue weighted by atomic mass is 32.2. The van der Waals surface area contributed by atoms with Crippen molar-refractivity contribution in [2.75, 3.05) is 13.1 Å². The second-order valence-corrected chi connectivity index (χ2v) is 6.75. The van der Waals surface area contributed by atoms with Gasteiger partial charge in [0.15, 0.2) is 0 Å². The van der Waals surface area contributed by atoms with Crippen molar-refractivity contribution in [2.24, 2.45) is 11.7 Å². The molecule has 1 aromatic rings. The van der Waals surface area contributed by atoms with Gasteiger partial charge in [0.1, 0.15) is 0 Å². The summed E-state index contributed by atoms with van der Waals surface area (Å²) >= 11 is 0. The molecular weight excluding hydrogens is 262 g/mol. The molecule has 0 bridgehead atoms. The molecule has 0 aliphatic rings. The molecule has 0 aliphatic heterocycles. The Balaban J connectivity index is 2.87. The molecule has 1 unspecified atom stereocenters. The van der Waals surface area contributed by atoms with Gasteiger partial charge in [0.05, 0.1) is 5.54 Å². The molecule has 6 heteroatoms. The number of nitrogens with two attached hydrogens (primary N) is 1. The second-order valence-electron chi connectivity index (χ2n) is 5.25.